The monoisotopic (exact) mass is 210 g/mol. The summed E-state index contributed by atoms with van der Waals surface area (Å²) < 4.78 is 18.0. The number of nitrogens with zero attached hydrogens (tertiary/aromatic N) is 2. The highest BCUT2D eigenvalue weighted by molar-refractivity contribution is 7.79. The van der Waals surface area contributed by atoms with Gasteiger partial charge in [-0.05, 0) is 18.2 Å². The van der Waals surface area contributed by atoms with Gasteiger partial charge in [0.15, 0.2) is 0 Å². The number of benzene rings is 1. The summed E-state index contributed by atoms with van der Waals surface area (Å²) in [6.45, 7) is 0. The van der Waals surface area contributed by atoms with Crippen LogP contribution in [0.4, 0.5) is 4.39 Å². The molecule has 5 heteroatoms. The molecule has 0 saturated heterocycles. The summed E-state index contributed by atoms with van der Waals surface area (Å²) >= 11 is 3.99. The molecule has 0 bridgehead atoms. The van der Waals surface area contributed by atoms with Gasteiger partial charge in [0.05, 0.1) is 5.75 Å². The zero-order valence-corrected chi connectivity index (χ0v) is 8.04. The highest BCUT2D eigenvalue weighted by Gasteiger charge is 2.07. The number of hydrogen-bond acceptors (Lipinski definition) is 4. The van der Waals surface area contributed by atoms with Crippen LogP contribution in [0, 0.1) is 5.82 Å². The topological polar surface area (TPSA) is 38.9 Å². The first-order valence-corrected chi connectivity index (χ1v) is 4.62. The minimum Gasteiger partial charge on any atom is -0.420 e. The molecule has 0 aliphatic carbocycles. The Balaban J connectivity index is 2.39. The quantitative estimate of drug-likeness (QED) is 0.773. The van der Waals surface area contributed by atoms with Crippen molar-refractivity contribution in [2.75, 3.05) is 0 Å². The van der Waals surface area contributed by atoms with Gasteiger partial charge in [-0.15, -0.1) is 10.2 Å². The lowest BCUT2D eigenvalue weighted by Gasteiger charge is -1.93. The maximum absolute atomic E-state index is 12.8. The molecule has 0 spiro atoms. The molecule has 0 amide bonds. The van der Waals surface area contributed by atoms with Crippen LogP contribution in [0.1, 0.15) is 5.89 Å². The van der Waals surface area contributed by atoms with Crippen LogP contribution in [-0.4, -0.2) is 10.2 Å². The predicted molar refractivity (Wildman–Crippen MR) is 52.4 cm³/mol. The molecular formula is C9H7FN2OS. The van der Waals surface area contributed by atoms with Gasteiger partial charge < -0.3 is 4.42 Å². The van der Waals surface area contributed by atoms with E-state index in [0.29, 0.717) is 23.1 Å². The Morgan fingerprint density at radius 1 is 1.36 bits per heavy atom. The Morgan fingerprint density at radius 2 is 2.21 bits per heavy atom. The summed E-state index contributed by atoms with van der Waals surface area (Å²) in [5.41, 5.74) is 0.575. The molecule has 0 N–H and O–H groups in total. The van der Waals surface area contributed by atoms with Crippen molar-refractivity contribution in [3.05, 3.63) is 36.0 Å². The van der Waals surface area contributed by atoms with E-state index < -0.39 is 0 Å². The summed E-state index contributed by atoms with van der Waals surface area (Å²) in [5.74, 6) is 0.789. The molecule has 0 saturated carbocycles. The first kappa shape index (κ1) is 9.21. The lowest BCUT2D eigenvalue weighted by Crippen LogP contribution is -1.79. The van der Waals surface area contributed by atoms with E-state index in [2.05, 4.69) is 22.8 Å². The van der Waals surface area contributed by atoms with E-state index >= 15 is 0 Å². The summed E-state index contributed by atoms with van der Waals surface area (Å²) in [7, 11) is 0. The molecule has 0 fully saturated rings. The van der Waals surface area contributed by atoms with Crippen molar-refractivity contribution < 1.29 is 8.81 Å². The fraction of sp³-hybridized carbons (Fsp3) is 0.111. The van der Waals surface area contributed by atoms with Crippen molar-refractivity contribution in [2.24, 2.45) is 0 Å². The fourth-order valence-electron chi connectivity index (χ4n) is 1.06. The number of hydrogen-bond donors (Lipinski definition) is 1. The van der Waals surface area contributed by atoms with Crippen LogP contribution in [0.25, 0.3) is 11.5 Å². The SMILES string of the molecule is Fc1cccc(-c2nnc(CS)o2)c1. The van der Waals surface area contributed by atoms with Crippen LogP contribution in [-0.2, 0) is 5.75 Å². The van der Waals surface area contributed by atoms with Crippen molar-refractivity contribution in [2.45, 2.75) is 5.75 Å². The zero-order chi connectivity index (χ0) is 9.97. The minimum absolute atomic E-state index is 0.313. The first-order valence-electron chi connectivity index (χ1n) is 3.99. The molecule has 0 aliphatic heterocycles. The van der Waals surface area contributed by atoms with Gasteiger partial charge in [0.1, 0.15) is 5.82 Å². The second-order valence-electron chi connectivity index (χ2n) is 2.67. The van der Waals surface area contributed by atoms with Crippen LogP contribution in [0.15, 0.2) is 28.7 Å². The molecule has 1 aromatic carbocycles. The average Bonchev–Trinajstić information content (AvgIpc) is 2.66. The molecule has 1 heterocycles. The van der Waals surface area contributed by atoms with Gasteiger partial charge in [-0.2, -0.15) is 12.6 Å². The van der Waals surface area contributed by atoms with Crippen molar-refractivity contribution in [3.8, 4) is 11.5 Å². The number of thiol groups is 1. The number of halogens is 1. The van der Waals surface area contributed by atoms with Gasteiger partial charge in [0.2, 0.25) is 11.8 Å². The van der Waals surface area contributed by atoms with E-state index in [9.17, 15) is 4.39 Å². The second kappa shape index (κ2) is 3.79. The molecule has 0 radical (unpaired) electrons. The van der Waals surface area contributed by atoms with Crippen molar-refractivity contribution in [3.63, 3.8) is 0 Å². The van der Waals surface area contributed by atoms with Crippen molar-refractivity contribution in [1.29, 1.82) is 0 Å². The molecule has 14 heavy (non-hydrogen) atoms. The fourth-order valence-corrected chi connectivity index (χ4v) is 1.18. The highest BCUT2D eigenvalue weighted by Crippen LogP contribution is 2.18. The Hall–Kier alpha value is -1.36. The van der Waals surface area contributed by atoms with Gasteiger partial charge >= 0.3 is 0 Å². The van der Waals surface area contributed by atoms with Crippen molar-refractivity contribution >= 4 is 12.6 Å². The Morgan fingerprint density at radius 3 is 2.86 bits per heavy atom. The van der Waals surface area contributed by atoms with Gasteiger partial charge in [-0.25, -0.2) is 4.39 Å². The van der Waals surface area contributed by atoms with E-state index in [1.54, 1.807) is 12.1 Å². The number of rotatable bonds is 2. The minimum atomic E-state index is -0.326. The van der Waals surface area contributed by atoms with Crippen LogP contribution in [0.5, 0.6) is 0 Å². The third-order valence-corrected chi connectivity index (χ3v) is 1.94. The molecule has 1 aromatic heterocycles. The van der Waals surface area contributed by atoms with E-state index in [0.717, 1.165) is 0 Å². The van der Waals surface area contributed by atoms with Crippen LogP contribution < -0.4 is 0 Å². The number of aromatic nitrogens is 2. The van der Waals surface area contributed by atoms with Crippen LogP contribution in [0.2, 0.25) is 0 Å². The van der Waals surface area contributed by atoms with Crippen molar-refractivity contribution in [1.82, 2.24) is 10.2 Å². The third kappa shape index (κ3) is 1.77. The van der Waals surface area contributed by atoms with Gasteiger partial charge in [0, 0.05) is 5.56 Å². The summed E-state index contributed by atoms with van der Waals surface area (Å²) in [6, 6.07) is 6.00. The standard InChI is InChI=1S/C9H7FN2OS/c10-7-3-1-2-6(4-7)9-12-11-8(5-14)13-9/h1-4,14H,5H2. The molecule has 3 nitrogen and oxygen atoms in total. The van der Waals surface area contributed by atoms with Gasteiger partial charge in [0.25, 0.3) is 0 Å². The molecule has 0 aliphatic rings. The largest absolute Gasteiger partial charge is 0.420 e. The predicted octanol–water partition coefficient (Wildman–Crippen LogP) is 2.31. The maximum Gasteiger partial charge on any atom is 0.247 e. The molecule has 0 unspecified atom stereocenters. The van der Waals surface area contributed by atoms with Crippen LogP contribution >= 0.6 is 12.6 Å². The van der Waals surface area contributed by atoms with Crippen LogP contribution in [0.3, 0.4) is 0 Å². The van der Waals surface area contributed by atoms with E-state index in [1.165, 1.54) is 12.1 Å². The summed E-state index contributed by atoms with van der Waals surface area (Å²) in [4.78, 5) is 0. The summed E-state index contributed by atoms with van der Waals surface area (Å²) in [5, 5.41) is 7.49. The second-order valence-corrected chi connectivity index (χ2v) is 2.99. The molecule has 2 aromatic rings. The Bertz CT molecular complexity index is 444. The van der Waals surface area contributed by atoms with Gasteiger partial charge in [-0.3, -0.25) is 0 Å². The lowest BCUT2D eigenvalue weighted by molar-refractivity contribution is 0.528. The van der Waals surface area contributed by atoms with Gasteiger partial charge in [-0.1, -0.05) is 6.07 Å². The molecular weight excluding hydrogens is 203 g/mol. The van der Waals surface area contributed by atoms with E-state index in [-0.39, 0.29) is 5.82 Å². The van der Waals surface area contributed by atoms with E-state index in [4.69, 9.17) is 4.42 Å². The molecule has 0 atom stereocenters. The Kier molecular flexibility index (Phi) is 2.49. The molecule has 72 valence electrons. The third-order valence-electron chi connectivity index (χ3n) is 1.67. The van der Waals surface area contributed by atoms with E-state index in [1.807, 2.05) is 0 Å². The zero-order valence-electron chi connectivity index (χ0n) is 7.14. The summed E-state index contributed by atoms with van der Waals surface area (Å²) in [6.07, 6.45) is 0. The highest BCUT2D eigenvalue weighted by atomic mass is 32.1. The Labute approximate surface area is 85.4 Å². The maximum atomic E-state index is 12.8. The molecule has 2 rings (SSSR count). The first-order chi connectivity index (χ1) is 6.79. The normalized spacial score (nSPS) is 10.4. The lowest BCUT2D eigenvalue weighted by atomic mass is 10.2. The smallest absolute Gasteiger partial charge is 0.247 e. The average molecular weight is 210 g/mol.